The van der Waals surface area contributed by atoms with E-state index in [2.05, 4.69) is 36.2 Å². The Balaban J connectivity index is 0.000000299. The number of aryl methyl sites for hydroxylation is 1. The van der Waals surface area contributed by atoms with Gasteiger partial charge in [0.25, 0.3) is 0 Å². The van der Waals surface area contributed by atoms with Crippen LogP contribution in [0.5, 0.6) is 0 Å². The number of carbonyl (C=O) groups excluding carboxylic acids is 2. The SMILES string of the molecule is CN.Cc1ccccc1.O=C1CN(C2CCC(c3cccc(Cl)c3)CC2)C(=O)CN1. The van der Waals surface area contributed by atoms with E-state index in [1.165, 1.54) is 18.2 Å². The highest BCUT2D eigenvalue weighted by Gasteiger charge is 2.32. The summed E-state index contributed by atoms with van der Waals surface area (Å²) in [5.41, 5.74) is 7.10. The van der Waals surface area contributed by atoms with Crippen molar-refractivity contribution in [1.29, 1.82) is 0 Å². The molecule has 2 amide bonds. The maximum absolute atomic E-state index is 11.9. The summed E-state index contributed by atoms with van der Waals surface area (Å²) >= 11 is 6.05. The Kier molecular flexibility index (Phi) is 9.84. The highest BCUT2D eigenvalue weighted by atomic mass is 35.5. The van der Waals surface area contributed by atoms with E-state index >= 15 is 0 Å². The molecule has 2 aromatic carbocycles. The molecule has 162 valence electrons. The number of nitrogens with zero attached hydrogens (tertiary/aromatic N) is 1. The first kappa shape index (κ1) is 23.9. The molecule has 3 N–H and O–H groups in total. The number of piperazine rings is 1. The molecule has 1 saturated carbocycles. The molecule has 1 saturated heterocycles. The molecular weight excluding hydrogens is 398 g/mol. The van der Waals surface area contributed by atoms with Crippen molar-refractivity contribution in [2.45, 2.75) is 44.6 Å². The Bertz CT molecular complexity index is 805. The van der Waals surface area contributed by atoms with Crippen molar-refractivity contribution in [1.82, 2.24) is 10.2 Å². The number of amides is 2. The Morgan fingerprint density at radius 1 is 0.967 bits per heavy atom. The van der Waals surface area contributed by atoms with E-state index in [-0.39, 0.29) is 30.9 Å². The highest BCUT2D eigenvalue weighted by molar-refractivity contribution is 6.30. The minimum absolute atomic E-state index is 0.0424. The van der Waals surface area contributed by atoms with Gasteiger partial charge in [-0.05, 0) is 63.3 Å². The third-order valence-corrected chi connectivity index (χ3v) is 5.70. The van der Waals surface area contributed by atoms with Crippen LogP contribution in [0.2, 0.25) is 5.02 Å². The van der Waals surface area contributed by atoms with Crippen molar-refractivity contribution in [2.75, 3.05) is 20.1 Å². The number of halogens is 1. The maximum atomic E-state index is 11.9. The summed E-state index contributed by atoms with van der Waals surface area (Å²) in [7, 11) is 1.50. The molecule has 0 atom stereocenters. The van der Waals surface area contributed by atoms with Crippen molar-refractivity contribution in [2.24, 2.45) is 5.73 Å². The van der Waals surface area contributed by atoms with Crippen molar-refractivity contribution < 1.29 is 9.59 Å². The lowest BCUT2D eigenvalue weighted by Gasteiger charge is -2.38. The predicted molar refractivity (Wildman–Crippen MR) is 122 cm³/mol. The normalized spacial score (nSPS) is 20.9. The third-order valence-electron chi connectivity index (χ3n) is 5.47. The quantitative estimate of drug-likeness (QED) is 0.760. The second kappa shape index (κ2) is 12.4. The molecule has 0 aromatic heterocycles. The van der Waals surface area contributed by atoms with Gasteiger partial charge in [0, 0.05) is 11.1 Å². The predicted octanol–water partition coefficient (Wildman–Crippen LogP) is 3.89. The van der Waals surface area contributed by atoms with Crippen molar-refractivity contribution in [3.05, 3.63) is 70.7 Å². The van der Waals surface area contributed by atoms with Gasteiger partial charge in [0.05, 0.1) is 13.1 Å². The fourth-order valence-corrected chi connectivity index (χ4v) is 4.12. The molecule has 5 nitrogen and oxygen atoms in total. The molecule has 4 rings (SSSR count). The van der Waals surface area contributed by atoms with E-state index in [0.717, 1.165) is 30.7 Å². The Morgan fingerprint density at radius 3 is 2.20 bits per heavy atom. The van der Waals surface area contributed by atoms with E-state index in [4.69, 9.17) is 11.6 Å². The van der Waals surface area contributed by atoms with Crippen LogP contribution in [0.15, 0.2) is 54.6 Å². The summed E-state index contributed by atoms with van der Waals surface area (Å²) in [5.74, 6) is 0.501. The Morgan fingerprint density at radius 2 is 1.63 bits per heavy atom. The monoisotopic (exact) mass is 429 g/mol. The van der Waals surface area contributed by atoms with E-state index in [1.54, 1.807) is 4.90 Å². The van der Waals surface area contributed by atoms with Crippen LogP contribution in [0.1, 0.15) is 42.7 Å². The Hall–Kier alpha value is -2.37. The van der Waals surface area contributed by atoms with E-state index in [1.807, 2.05) is 36.4 Å². The Labute approximate surface area is 184 Å². The molecule has 0 unspecified atom stereocenters. The first-order valence-electron chi connectivity index (χ1n) is 10.4. The van der Waals surface area contributed by atoms with Gasteiger partial charge >= 0.3 is 0 Å². The van der Waals surface area contributed by atoms with Crippen molar-refractivity contribution >= 4 is 23.4 Å². The summed E-state index contributed by atoms with van der Waals surface area (Å²) in [4.78, 5) is 25.2. The van der Waals surface area contributed by atoms with Gasteiger partial charge in [-0.15, -0.1) is 0 Å². The average molecular weight is 430 g/mol. The van der Waals surface area contributed by atoms with Crippen LogP contribution >= 0.6 is 11.6 Å². The van der Waals surface area contributed by atoms with Crippen molar-refractivity contribution in [3.63, 3.8) is 0 Å². The minimum atomic E-state index is -0.0495. The van der Waals surface area contributed by atoms with Gasteiger partial charge in [-0.3, -0.25) is 9.59 Å². The lowest BCUT2D eigenvalue weighted by molar-refractivity contribution is -0.143. The highest BCUT2D eigenvalue weighted by Crippen LogP contribution is 2.35. The summed E-state index contributed by atoms with van der Waals surface area (Å²) < 4.78 is 0. The van der Waals surface area contributed by atoms with Gasteiger partial charge < -0.3 is 16.0 Å². The first-order chi connectivity index (χ1) is 14.5. The molecule has 2 aromatic rings. The van der Waals surface area contributed by atoms with Gasteiger partial charge in [0.15, 0.2) is 0 Å². The number of nitrogens with one attached hydrogen (secondary N) is 1. The van der Waals surface area contributed by atoms with Crippen molar-refractivity contribution in [3.8, 4) is 0 Å². The van der Waals surface area contributed by atoms with Crippen LogP contribution in [0, 0.1) is 6.92 Å². The fraction of sp³-hybridized carbons (Fsp3) is 0.417. The third kappa shape index (κ3) is 7.15. The molecule has 0 spiro atoms. The lowest BCUT2D eigenvalue weighted by Crippen LogP contribution is -2.55. The van der Waals surface area contributed by atoms with Crippen LogP contribution in [-0.4, -0.2) is 42.9 Å². The average Bonchev–Trinajstić information content (AvgIpc) is 2.78. The number of nitrogens with two attached hydrogens (primary N) is 1. The fourth-order valence-electron chi connectivity index (χ4n) is 3.92. The van der Waals surface area contributed by atoms with Gasteiger partial charge in [0.2, 0.25) is 11.8 Å². The zero-order valence-corrected chi connectivity index (χ0v) is 18.6. The summed E-state index contributed by atoms with van der Waals surface area (Å²) in [5, 5.41) is 3.37. The van der Waals surface area contributed by atoms with Gasteiger partial charge in [-0.1, -0.05) is 59.6 Å². The van der Waals surface area contributed by atoms with Crippen LogP contribution in [0.3, 0.4) is 0 Å². The summed E-state index contributed by atoms with van der Waals surface area (Å²) in [6, 6.07) is 18.5. The second-order valence-corrected chi connectivity index (χ2v) is 7.95. The molecule has 1 heterocycles. The molecule has 1 aliphatic carbocycles. The molecule has 1 aliphatic heterocycles. The van der Waals surface area contributed by atoms with Crippen LogP contribution in [0.25, 0.3) is 0 Å². The maximum Gasteiger partial charge on any atom is 0.242 e. The van der Waals surface area contributed by atoms with Crippen LogP contribution < -0.4 is 11.1 Å². The number of rotatable bonds is 2. The number of hydrogen-bond donors (Lipinski definition) is 2. The topological polar surface area (TPSA) is 75.4 Å². The van der Waals surface area contributed by atoms with E-state index in [9.17, 15) is 9.59 Å². The second-order valence-electron chi connectivity index (χ2n) is 7.51. The van der Waals surface area contributed by atoms with Gasteiger partial charge in [0.1, 0.15) is 0 Å². The summed E-state index contributed by atoms with van der Waals surface area (Å²) in [6.07, 6.45) is 3.99. The zero-order chi connectivity index (χ0) is 21.9. The number of benzene rings is 2. The molecular formula is C24H32ClN3O2. The van der Waals surface area contributed by atoms with Gasteiger partial charge in [-0.2, -0.15) is 0 Å². The largest absolute Gasteiger partial charge is 0.345 e. The van der Waals surface area contributed by atoms with E-state index in [0.29, 0.717) is 5.92 Å². The number of hydrogen-bond acceptors (Lipinski definition) is 3. The first-order valence-corrected chi connectivity index (χ1v) is 10.8. The smallest absolute Gasteiger partial charge is 0.242 e. The molecule has 0 bridgehead atoms. The molecule has 0 radical (unpaired) electrons. The lowest BCUT2D eigenvalue weighted by atomic mass is 9.81. The number of carbonyl (C=O) groups is 2. The molecule has 2 aliphatic rings. The van der Waals surface area contributed by atoms with Crippen LogP contribution in [0.4, 0.5) is 0 Å². The van der Waals surface area contributed by atoms with Gasteiger partial charge in [-0.25, -0.2) is 0 Å². The standard InChI is InChI=1S/C16H19ClN2O2.C7H8.CH5N/c17-13-3-1-2-12(8-13)11-4-6-14(7-5-11)19-10-15(20)18-9-16(19)21;1-7-5-3-2-4-6-7;1-2/h1-3,8,11,14H,4-7,9-10H2,(H,18,20);2-6H,1H3;2H2,1H3. The molecule has 6 heteroatoms. The minimum Gasteiger partial charge on any atom is -0.345 e. The summed E-state index contributed by atoms with van der Waals surface area (Å²) in [6.45, 7) is 2.44. The van der Waals surface area contributed by atoms with Crippen LogP contribution in [-0.2, 0) is 9.59 Å². The van der Waals surface area contributed by atoms with E-state index < -0.39 is 0 Å². The zero-order valence-electron chi connectivity index (χ0n) is 17.8. The molecule has 2 fully saturated rings. The molecule has 30 heavy (non-hydrogen) atoms.